The lowest BCUT2D eigenvalue weighted by molar-refractivity contribution is -0.384. The predicted molar refractivity (Wildman–Crippen MR) is 113 cm³/mol. The zero-order valence-corrected chi connectivity index (χ0v) is 16.5. The van der Waals surface area contributed by atoms with E-state index in [4.69, 9.17) is 16.0 Å². The highest BCUT2D eigenvalue weighted by Crippen LogP contribution is 2.20. The Morgan fingerprint density at radius 1 is 0.968 bits per heavy atom. The van der Waals surface area contributed by atoms with Gasteiger partial charge in [0, 0.05) is 33.8 Å². The van der Waals surface area contributed by atoms with E-state index in [1.165, 1.54) is 48.5 Å². The molecule has 31 heavy (non-hydrogen) atoms. The fourth-order valence-electron chi connectivity index (χ4n) is 3.16. The highest BCUT2D eigenvalue weighted by atomic mass is 35.5. The van der Waals surface area contributed by atoms with Gasteiger partial charge in [-0.1, -0.05) is 23.7 Å². The number of fused-ring (bicyclic) bond motifs is 1. The summed E-state index contributed by atoms with van der Waals surface area (Å²) in [4.78, 5) is 47.7. The van der Waals surface area contributed by atoms with Crippen LogP contribution in [0.1, 0.15) is 26.3 Å². The van der Waals surface area contributed by atoms with Crippen LogP contribution in [0.3, 0.4) is 0 Å². The Bertz CT molecular complexity index is 1400. The number of hydrogen-bond donors (Lipinski definition) is 0. The van der Waals surface area contributed by atoms with E-state index in [-0.39, 0.29) is 29.2 Å². The summed E-state index contributed by atoms with van der Waals surface area (Å²) in [6.45, 7) is -0.314. The normalized spacial score (nSPS) is 10.9. The van der Waals surface area contributed by atoms with Gasteiger partial charge in [0.1, 0.15) is 0 Å². The molecule has 0 saturated heterocycles. The van der Waals surface area contributed by atoms with E-state index < -0.39 is 16.5 Å². The van der Waals surface area contributed by atoms with Crippen LogP contribution in [-0.4, -0.2) is 21.1 Å². The van der Waals surface area contributed by atoms with Crippen molar-refractivity contribution in [2.24, 2.45) is 0 Å². The monoisotopic (exact) mass is 436 g/mol. The van der Waals surface area contributed by atoms with E-state index in [9.17, 15) is 24.5 Å². The number of oxazole rings is 1. The van der Waals surface area contributed by atoms with Gasteiger partial charge < -0.3 is 4.42 Å². The molecule has 0 saturated carbocycles. The van der Waals surface area contributed by atoms with Crippen molar-refractivity contribution < 1.29 is 18.9 Å². The number of carbonyl (C=O) groups is 2. The summed E-state index contributed by atoms with van der Waals surface area (Å²) in [6.07, 6.45) is 0. The Kier molecular flexibility index (Phi) is 5.22. The van der Waals surface area contributed by atoms with Gasteiger partial charge in [0.2, 0.25) is 0 Å². The fraction of sp³-hybridized carbons (Fsp3) is 0.0455. The minimum absolute atomic E-state index is 0.139. The molecule has 1 aromatic heterocycles. The molecule has 0 aliphatic rings. The molecule has 0 radical (unpaired) electrons. The maximum atomic E-state index is 12.7. The number of nitrogens with zero attached hydrogens (tertiary/aromatic N) is 2. The second kappa shape index (κ2) is 8.00. The van der Waals surface area contributed by atoms with Crippen LogP contribution in [0.5, 0.6) is 0 Å². The van der Waals surface area contributed by atoms with Gasteiger partial charge in [-0.15, -0.1) is 0 Å². The highest BCUT2D eigenvalue weighted by molar-refractivity contribution is 6.31. The van der Waals surface area contributed by atoms with Gasteiger partial charge in [-0.05, 0) is 42.5 Å². The van der Waals surface area contributed by atoms with Gasteiger partial charge in [-0.25, -0.2) is 4.79 Å². The van der Waals surface area contributed by atoms with Gasteiger partial charge in [0.25, 0.3) is 5.69 Å². The number of hydrogen-bond acceptors (Lipinski definition) is 6. The summed E-state index contributed by atoms with van der Waals surface area (Å²) in [5, 5.41) is 11.2. The molecule has 0 unspecified atom stereocenters. The molecule has 0 bridgehead atoms. The van der Waals surface area contributed by atoms with E-state index in [0.29, 0.717) is 21.7 Å². The van der Waals surface area contributed by atoms with Crippen LogP contribution < -0.4 is 5.76 Å². The first-order valence-corrected chi connectivity index (χ1v) is 9.42. The van der Waals surface area contributed by atoms with Gasteiger partial charge in [-0.2, -0.15) is 0 Å². The second-order valence-electron chi connectivity index (χ2n) is 6.70. The van der Waals surface area contributed by atoms with E-state index in [1.54, 1.807) is 18.2 Å². The fourth-order valence-corrected chi connectivity index (χ4v) is 3.35. The van der Waals surface area contributed by atoms with Gasteiger partial charge in [-0.3, -0.25) is 24.3 Å². The maximum Gasteiger partial charge on any atom is 0.420 e. The first-order chi connectivity index (χ1) is 14.8. The number of nitro groups is 1. The van der Waals surface area contributed by atoms with Crippen LogP contribution in [-0.2, 0) is 6.54 Å². The topological polar surface area (TPSA) is 112 Å². The number of aromatic nitrogens is 1. The zero-order chi connectivity index (χ0) is 22.1. The van der Waals surface area contributed by atoms with Gasteiger partial charge in [0.15, 0.2) is 17.1 Å². The zero-order valence-electron chi connectivity index (χ0n) is 15.8. The molecule has 0 fully saturated rings. The van der Waals surface area contributed by atoms with Crippen LogP contribution in [0.25, 0.3) is 11.1 Å². The molecule has 154 valence electrons. The summed E-state index contributed by atoms with van der Waals surface area (Å²) in [5.41, 5.74) is 1.29. The average Bonchev–Trinajstić information content (AvgIpc) is 3.07. The molecule has 0 amide bonds. The quantitative estimate of drug-likeness (QED) is 0.253. The van der Waals surface area contributed by atoms with Crippen molar-refractivity contribution in [1.82, 2.24) is 4.57 Å². The number of rotatable bonds is 6. The average molecular weight is 437 g/mol. The SMILES string of the molecule is O=C(Cn1c(=O)oc2cc(C(=O)c3cccc(Cl)c3)ccc21)c1ccc([N+](=O)[O-])cc1. The smallest absolute Gasteiger partial charge is 0.408 e. The van der Waals surface area contributed by atoms with E-state index in [2.05, 4.69) is 0 Å². The highest BCUT2D eigenvalue weighted by Gasteiger charge is 2.17. The second-order valence-corrected chi connectivity index (χ2v) is 7.14. The number of carbonyl (C=O) groups excluding carboxylic acids is 2. The standard InChI is InChI=1S/C22H13ClN2O6/c23-16-3-1-2-14(10-16)21(27)15-6-9-18-20(11-15)31-22(28)24(18)12-19(26)13-4-7-17(8-5-13)25(29)30/h1-11H,12H2. The molecule has 9 heteroatoms. The molecule has 0 spiro atoms. The Morgan fingerprint density at radius 2 is 1.65 bits per heavy atom. The van der Waals surface area contributed by atoms with Crippen LogP contribution in [0.15, 0.2) is 75.9 Å². The molecule has 0 aliphatic carbocycles. The summed E-state index contributed by atoms with van der Waals surface area (Å²) in [7, 11) is 0. The minimum Gasteiger partial charge on any atom is -0.408 e. The van der Waals surface area contributed by atoms with E-state index >= 15 is 0 Å². The molecule has 0 N–H and O–H groups in total. The third-order valence-electron chi connectivity index (χ3n) is 4.72. The van der Waals surface area contributed by atoms with Crippen molar-refractivity contribution in [3.63, 3.8) is 0 Å². The lowest BCUT2D eigenvalue weighted by Crippen LogP contribution is -2.20. The number of nitro benzene ring substituents is 1. The Balaban J connectivity index is 1.63. The number of halogens is 1. The van der Waals surface area contributed by atoms with Crippen molar-refractivity contribution in [3.8, 4) is 0 Å². The number of benzene rings is 3. The molecule has 0 atom stereocenters. The molecule has 4 rings (SSSR count). The largest absolute Gasteiger partial charge is 0.420 e. The van der Waals surface area contributed by atoms with Crippen molar-refractivity contribution in [2.45, 2.75) is 6.54 Å². The number of Topliss-reactive ketones (excluding diaryl/α,β-unsaturated/α-hetero) is 1. The number of ketones is 2. The lowest BCUT2D eigenvalue weighted by atomic mass is 10.0. The van der Waals surface area contributed by atoms with Crippen molar-refractivity contribution >= 4 is 40.0 Å². The Hall–Kier alpha value is -4.04. The molecular formula is C22H13ClN2O6. The molecular weight excluding hydrogens is 424 g/mol. The van der Waals surface area contributed by atoms with Crippen molar-refractivity contribution in [1.29, 1.82) is 0 Å². The third kappa shape index (κ3) is 4.01. The molecule has 8 nitrogen and oxygen atoms in total. The molecule has 1 heterocycles. The van der Waals surface area contributed by atoms with Crippen LogP contribution in [0.4, 0.5) is 5.69 Å². The maximum absolute atomic E-state index is 12.7. The van der Waals surface area contributed by atoms with E-state index in [1.807, 2.05) is 0 Å². The summed E-state index contributed by atoms with van der Waals surface area (Å²) in [5.74, 6) is -1.46. The third-order valence-corrected chi connectivity index (χ3v) is 4.95. The van der Waals surface area contributed by atoms with Crippen molar-refractivity contribution in [3.05, 3.63) is 109 Å². The molecule has 0 aliphatic heterocycles. The summed E-state index contributed by atoms with van der Waals surface area (Å²) in [6, 6.07) is 16.1. The first kappa shape index (κ1) is 20.2. The number of non-ortho nitro benzene ring substituents is 1. The van der Waals surface area contributed by atoms with Crippen LogP contribution in [0.2, 0.25) is 5.02 Å². The molecule has 4 aromatic rings. The first-order valence-electron chi connectivity index (χ1n) is 9.05. The van der Waals surface area contributed by atoms with E-state index in [0.717, 1.165) is 4.57 Å². The van der Waals surface area contributed by atoms with Gasteiger partial charge in [0.05, 0.1) is 17.0 Å². The summed E-state index contributed by atoms with van der Waals surface area (Å²) < 4.78 is 6.37. The van der Waals surface area contributed by atoms with Gasteiger partial charge >= 0.3 is 5.76 Å². The molecule has 3 aromatic carbocycles. The van der Waals surface area contributed by atoms with Crippen LogP contribution in [0, 0.1) is 10.1 Å². The van der Waals surface area contributed by atoms with Crippen LogP contribution >= 0.6 is 11.6 Å². The minimum atomic E-state index is -0.752. The predicted octanol–water partition coefficient (Wildman–Crippen LogP) is 4.27. The van der Waals surface area contributed by atoms with Crippen molar-refractivity contribution in [2.75, 3.05) is 0 Å². The summed E-state index contributed by atoms with van der Waals surface area (Å²) >= 11 is 5.94. The lowest BCUT2D eigenvalue weighted by Gasteiger charge is -2.04. The Morgan fingerprint density at radius 3 is 2.32 bits per heavy atom. The Labute approximate surface area is 179 Å².